The summed E-state index contributed by atoms with van der Waals surface area (Å²) in [4.78, 5) is 19.6. The van der Waals surface area contributed by atoms with Gasteiger partial charge >= 0.3 is 0 Å². The van der Waals surface area contributed by atoms with Crippen molar-refractivity contribution in [3.8, 4) is 0 Å². The molecule has 104 valence electrons. The van der Waals surface area contributed by atoms with Gasteiger partial charge in [-0.3, -0.25) is 4.79 Å². The summed E-state index contributed by atoms with van der Waals surface area (Å²) in [6, 6.07) is 5.02. The molecule has 4 nitrogen and oxygen atoms in total. The van der Waals surface area contributed by atoms with Crippen molar-refractivity contribution in [2.24, 2.45) is 5.92 Å². The molecule has 1 aromatic heterocycles. The third kappa shape index (κ3) is 2.81. The van der Waals surface area contributed by atoms with Crippen molar-refractivity contribution in [2.45, 2.75) is 19.3 Å². The van der Waals surface area contributed by atoms with Gasteiger partial charge < -0.3 is 10.3 Å². The molecular weight excluding hydrogens is 297 g/mol. The van der Waals surface area contributed by atoms with Gasteiger partial charge in [-0.2, -0.15) is 0 Å². The highest BCUT2D eigenvalue weighted by Gasteiger charge is 2.26. The molecule has 1 unspecified atom stereocenters. The molecule has 1 aromatic carbocycles. The van der Waals surface area contributed by atoms with Crippen LogP contribution in [0.2, 0.25) is 10.0 Å². The maximum absolute atomic E-state index is 12.3. The molecule has 2 aromatic rings. The van der Waals surface area contributed by atoms with Crippen LogP contribution in [0, 0.1) is 5.92 Å². The Morgan fingerprint density at radius 1 is 1.30 bits per heavy atom. The van der Waals surface area contributed by atoms with Crippen molar-refractivity contribution in [2.75, 3.05) is 5.32 Å². The molecule has 1 atom stereocenters. The lowest BCUT2D eigenvalue weighted by Crippen LogP contribution is -2.28. The number of H-pyrrole nitrogens is 1. The molecule has 3 rings (SSSR count). The van der Waals surface area contributed by atoms with Crippen molar-refractivity contribution in [1.29, 1.82) is 0 Å². The Kier molecular flexibility index (Phi) is 3.68. The van der Waals surface area contributed by atoms with E-state index in [-0.39, 0.29) is 11.8 Å². The third-order valence-electron chi connectivity index (χ3n) is 3.49. The van der Waals surface area contributed by atoms with Gasteiger partial charge in [-0.1, -0.05) is 23.2 Å². The number of hydrogen-bond acceptors (Lipinski definition) is 2. The fraction of sp³-hybridized carbons (Fsp3) is 0.286. The summed E-state index contributed by atoms with van der Waals surface area (Å²) in [6.07, 6.45) is 4.00. The van der Waals surface area contributed by atoms with Gasteiger partial charge in [-0.05, 0) is 31.0 Å². The molecule has 0 bridgehead atoms. The number of carbonyl (C=O) groups is 1. The maximum Gasteiger partial charge on any atom is 0.227 e. The van der Waals surface area contributed by atoms with Crippen LogP contribution in [0.15, 0.2) is 24.5 Å². The normalized spacial score (nSPS) is 17.6. The van der Waals surface area contributed by atoms with E-state index < -0.39 is 0 Å². The summed E-state index contributed by atoms with van der Waals surface area (Å²) < 4.78 is 0. The van der Waals surface area contributed by atoms with Gasteiger partial charge in [-0.15, -0.1) is 0 Å². The van der Waals surface area contributed by atoms with Crippen molar-refractivity contribution >= 4 is 34.8 Å². The van der Waals surface area contributed by atoms with Crippen molar-refractivity contribution in [3.63, 3.8) is 0 Å². The number of nitrogens with zero attached hydrogens (tertiary/aromatic N) is 1. The van der Waals surface area contributed by atoms with Crippen LogP contribution in [0.4, 0.5) is 5.69 Å². The second kappa shape index (κ2) is 5.46. The number of aromatic amines is 1. The van der Waals surface area contributed by atoms with Crippen LogP contribution in [0.25, 0.3) is 0 Å². The summed E-state index contributed by atoms with van der Waals surface area (Å²) in [6.45, 7) is 0. The molecule has 1 aliphatic carbocycles. The largest absolute Gasteiger partial charge is 0.348 e. The molecular formula is C14H13Cl2N3O. The number of benzene rings is 1. The van der Waals surface area contributed by atoms with E-state index in [9.17, 15) is 4.79 Å². The van der Waals surface area contributed by atoms with E-state index in [1.807, 2.05) is 0 Å². The van der Waals surface area contributed by atoms with Crippen LogP contribution in [0.3, 0.4) is 0 Å². The summed E-state index contributed by atoms with van der Waals surface area (Å²) in [5, 5.41) is 3.89. The fourth-order valence-corrected chi connectivity index (χ4v) is 3.02. The van der Waals surface area contributed by atoms with Gasteiger partial charge in [0.05, 0.1) is 12.0 Å². The molecule has 1 amide bonds. The summed E-state index contributed by atoms with van der Waals surface area (Å²) in [5.74, 6) is -0.0655. The first-order valence-corrected chi connectivity index (χ1v) is 7.15. The van der Waals surface area contributed by atoms with Crippen LogP contribution in [-0.4, -0.2) is 15.9 Å². The first kappa shape index (κ1) is 13.5. The van der Waals surface area contributed by atoms with E-state index in [0.29, 0.717) is 22.2 Å². The zero-order chi connectivity index (χ0) is 14.1. The minimum absolute atomic E-state index is 0.0106. The van der Waals surface area contributed by atoms with E-state index in [1.165, 1.54) is 0 Å². The molecule has 20 heavy (non-hydrogen) atoms. The predicted molar refractivity (Wildman–Crippen MR) is 79.2 cm³/mol. The number of aromatic nitrogens is 2. The van der Waals surface area contributed by atoms with Gasteiger partial charge in [0.1, 0.15) is 0 Å². The highest BCUT2D eigenvalue weighted by atomic mass is 35.5. The summed E-state index contributed by atoms with van der Waals surface area (Å²) >= 11 is 11.8. The van der Waals surface area contributed by atoms with Crippen LogP contribution < -0.4 is 5.32 Å². The Morgan fingerprint density at radius 2 is 2.05 bits per heavy atom. The molecule has 2 N–H and O–H groups in total. The number of halogens is 2. The van der Waals surface area contributed by atoms with E-state index >= 15 is 0 Å². The Balaban J connectivity index is 1.71. The van der Waals surface area contributed by atoms with Crippen molar-refractivity contribution in [3.05, 3.63) is 46.0 Å². The highest BCUT2D eigenvalue weighted by Crippen LogP contribution is 2.26. The molecule has 0 radical (unpaired) electrons. The standard InChI is InChI=1S/C14H13Cl2N3O/c15-9-4-10(16)6-11(5-9)19-14(20)8-1-2-12-13(3-8)18-7-17-12/h4-8H,1-3H2,(H,17,18)(H,19,20). The lowest BCUT2D eigenvalue weighted by molar-refractivity contribution is -0.120. The number of aryl methyl sites for hydroxylation is 1. The zero-order valence-electron chi connectivity index (χ0n) is 10.6. The second-order valence-corrected chi connectivity index (χ2v) is 5.79. The first-order chi connectivity index (χ1) is 9.61. The van der Waals surface area contributed by atoms with E-state index in [4.69, 9.17) is 23.2 Å². The van der Waals surface area contributed by atoms with Gasteiger partial charge in [0.25, 0.3) is 0 Å². The lowest BCUT2D eigenvalue weighted by Gasteiger charge is -2.20. The average Bonchev–Trinajstić information content (AvgIpc) is 2.84. The van der Waals surface area contributed by atoms with Gasteiger partial charge in [0.2, 0.25) is 5.91 Å². The van der Waals surface area contributed by atoms with Crippen LogP contribution in [0.5, 0.6) is 0 Å². The fourth-order valence-electron chi connectivity index (χ4n) is 2.50. The molecule has 0 aliphatic heterocycles. The van der Waals surface area contributed by atoms with Crippen molar-refractivity contribution in [1.82, 2.24) is 9.97 Å². The summed E-state index contributed by atoms with van der Waals surface area (Å²) in [5.41, 5.74) is 2.75. The smallest absolute Gasteiger partial charge is 0.227 e. The topological polar surface area (TPSA) is 57.8 Å². The molecule has 1 heterocycles. The number of imidazole rings is 1. The molecule has 6 heteroatoms. The molecule has 0 saturated heterocycles. The number of rotatable bonds is 2. The van der Waals surface area contributed by atoms with E-state index in [0.717, 1.165) is 24.2 Å². The predicted octanol–water partition coefficient (Wildman–Crippen LogP) is 3.46. The number of nitrogens with one attached hydrogen (secondary N) is 2. The van der Waals surface area contributed by atoms with E-state index in [2.05, 4.69) is 15.3 Å². The van der Waals surface area contributed by atoms with Gasteiger partial charge in [-0.25, -0.2) is 4.98 Å². The molecule has 0 spiro atoms. The number of hydrogen-bond donors (Lipinski definition) is 2. The second-order valence-electron chi connectivity index (χ2n) is 4.91. The molecule has 0 saturated carbocycles. The number of fused-ring (bicyclic) bond motifs is 1. The monoisotopic (exact) mass is 309 g/mol. The Bertz CT molecular complexity index is 633. The number of anilines is 1. The number of carbonyl (C=O) groups excluding carboxylic acids is 1. The SMILES string of the molecule is O=C(Nc1cc(Cl)cc(Cl)c1)C1CCc2nc[nH]c2C1. The highest BCUT2D eigenvalue weighted by molar-refractivity contribution is 6.35. The molecule has 1 aliphatic rings. The zero-order valence-corrected chi connectivity index (χ0v) is 12.1. The Labute approximate surface area is 126 Å². The summed E-state index contributed by atoms with van der Waals surface area (Å²) in [7, 11) is 0. The number of amides is 1. The Morgan fingerprint density at radius 3 is 2.80 bits per heavy atom. The van der Waals surface area contributed by atoms with Crippen LogP contribution >= 0.6 is 23.2 Å². The lowest BCUT2D eigenvalue weighted by atomic mass is 9.89. The molecule has 0 fully saturated rings. The minimum Gasteiger partial charge on any atom is -0.348 e. The first-order valence-electron chi connectivity index (χ1n) is 6.40. The van der Waals surface area contributed by atoms with Crippen LogP contribution in [-0.2, 0) is 17.6 Å². The van der Waals surface area contributed by atoms with Crippen molar-refractivity contribution < 1.29 is 4.79 Å². The third-order valence-corrected chi connectivity index (χ3v) is 3.92. The average molecular weight is 310 g/mol. The maximum atomic E-state index is 12.3. The van der Waals surface area contributed by atoms with E-state index in [1.54, 1.807) is 24.5 Å². The van der Waals surface area contributed by atoms with Gasteiger partial charge in [0, 0.05) is 33.8 Å². The van der Waals surface area contributed by atoms with Crippen LogP contribution in [0.1, 0.15) is 17.8 Å². The quantitative estimate of drug-likeness (QED) is 0.892. The van der Waals surface area contributed by atoms with Gasteiger partial charge in [0.15, 0.2) is 0 Å². The Hall–Kier alpha value is -1.52. The minimum atomic E-state index is -0.0549.